The van der Waals surface area contributed by atoms with E-state index in [9.17, 15) is 12.8 Å². The lowest BCUT2D eigenvalue weighted by Gasteiger charge is -2.11. The highest BCUT2D eigenvalue weighted by Crippen LogP contribution is 2.23. The van der Waals surface area contributed by atoms with Crippen LogP contribution in [0.5, 0.6) is 0 Å². The summed E-state index contributed by atoms with van der Waals surface area (Å²) in [5.41, 5.74) is 0.244. The van der Waals surface area contributed by atoms with Crippen molar-refractivity contribution in [1.29, 1.82) is 0 Å². The first kappa shape index (κ1) is 16.5. The van der Waals surface area contributed by atoms with Crippen LogP contribution in [0.2, 0.25) is 0 Å². The van der Waals surface area contributed by atoms with Crippen LogP contribution < -0.4 is 4.72 Å². The zero-order valence-electron chi connectivity index (χ0n) is 12.3. The number of rotatable bonds is 4. The Morgan fingerprint density at radius 2 is 2.00 bits per heavy atom. The molecule has 7 nitrogen and oxygen atoms in total. The normalized spacial score (nSPS) is 11.5. The quantitative estimate of drug-likeness (QED) is 0.712. The Morgan fingerprint density at radius 1 is 1.21 bits per heavy atom. The van der Waals surface area contributed by atoms with Gasteiger partial charge in [-0.15, -0.1) is 5.10 Å². The second kappa shape index (κ2) is 6.29. The third-order valence-corrected chi connectivity index (χ3v) is 5.03. The Balaban J connectivity index is 1.99. The molecule has 0 bridgehead atoms. The molecule has 124 valence electrons. The SMILES string of the molecule is Cc1nnnn1-c1ccc(F)c(NS(=O)(=O)c2cccc(Br)c2)c1. The summed E-state index contributed by atoms with van der Waals surface area (Å²) < 4.78 is 43.1. The monoisotopic (exact) mass is 411 g/mol. The maximum atomic E-state index is 14.0. The molecule has 0 radical (unpaired) electrons. The highest BCUT2D eigenvalue weighted by atomic mass is 79.9. The minimum atomic E-state index is -3.93. The number of nitrogens with zero attached hydrogens (tertiary/aromatic N) is 4. The van der Waals surface area contributed by atoms with Crippen molar-refractivity contribution in [2.45, 2.75) is 11.8 Å². The van der Waals surface area contributed by atoms with Crippen molar-refractivity contribution in [3.63, 3.8) is 0 Å². The van der Waals surface area contributed by atoms with Crippen molar-refractivity contribution < 1.29 is 12.8 Å². The molecule has 10 heteroatoms. The average molecular weight is 412 g/mol. The molecule has 0 aliphatic rings. The molecule has 3 rings (SSSR count). The van der Waals surface area contributed by atoms with E-state index in [0.29, 0.717) is 16.0 Å². The number of hydrogen-bond donors (Lipinski definition) is 1. The number of aryl methyl sites for hydroxylation is 1. The van der Waals surface area contributed by atoms with Gasteiger partial charge < -0.3 is 0 Å². The van der Waals surface area contributed by atoms with Crippen molar-refractivity contribution in [2.24, 2.45) is 0 Å². The van der Waals surface area contributed by atoms with Gasteiger partial charge in [0.05, 0.1) is 16.3 Å². The first-order valence-electron chi connectivity index (χ1n) is 6.70. The van der Waals surface area contributed by atoms with Crippen molar-refractivity contribution in [2.75, 3.05) is 4.72 Å². The Bertz CT molecular complexity index is 1010. The molecule has 1 aromatic heterocycles. The van der Waals surface area contributed by atoms with Crippen LogP contribution >= 0.6 is 15.9 Å². The second-order valence-corrected chi connectivity index (χ2v) is 7.46. The van der Waals surface area contributed by atoms with Gasteiger partial charge in [0, 0.05) is 4.47 Å². The highest BCUT2D eigenvalue weighted by molar-refractivity contribution is 9.10. The lowest BCUT2D eigenvalue weighted by atomic mass is 10.2. The van der Waals surface area contributed by atoms with Crippen LogP contribution in [0, 0.1) is 12.7 Å². The van der Waals surface area contributed by atoms with Gasteiger partial charge in [0.1, 0.15) is 5.82 Å². The van der Waals surface area contributed by atoms with Gasteiger partial charge >= 0.3 is 0 Å². The van der Waals surface area contributed by atoms with Gasteiger partial charge in [-0.05, 0) is 53.7 Å². The first-order valence-corrected chi connectivity index (χ1v) is 8.98. The molecule has 0 saturated carbocycles. The predicted molar refractivity (Wildman–Crippen MR) is 88.8 cm³/mol. The van der Waals surface area contributed by atoms with Gasteiger partial charge in [0.15, 0.2) is 5.82 Å². The standard InChI is InChI=1S/C14H11BrFN5O2S/c1-9-17-19-20-21(9)11-5-6-13(16)14(8-11)18-24(22,23)12-4-2-3-10(15)7-12/h2-8,18H,1H3. The number of halogens is 2. The maximum absolute atomic E-state index is 14.0. The number of aromatic nitrogens is 4. The molecular weight excluding hydrogens is 401 g/mol. The lowest BCUT2D eigenvalue weighted by Crippen LogP contribution is -2.14. The third-order valence-electron chi connectivity index (χ3n) is 3.17. The molecule has 0 aliphatic heterocycles. The number of sulfonamides is 1. The fourth-order valence-electron chi connectivity index (χ4n) is 2.03. The minimum absolute atomic E-state index is 0.0141. The van der Waals surface area contributed by atoms with Crippen LogP contribution in [0.4, 0.5) is 10.1 Å². The lowest BCUT2D eigenvalue weighted by molar-refractivity contribution is 0.598. The molecule has 0 unspecified atom stereocenters. The van der Waals surface area contributed by atoms with Crippen LogP contribution in [-0.2, 0) is 10.0 Å². The zero-order chi connectivity index (χ0) is 17.3. The Kier molecular flexibility index (Phi) is 4.33. The fraction of sp³-hybridized carbons (Fsp3) is 0.0714. The van der Waals surface area contributed by atoms with Crippen LogP contribution in [0.25, 0.3) is 5.69 Å². The Morgan fingerprint density at radius 3 is 2.67 bits per heavy atom. The van der Waals surface area contributed by atoms with Gasteiger partial charge in [-0.2, -0.15) is 4.68 Å². The van der Waals surface area contributed by atoms with E-state index < -0.39 is 15.8 Å². The van der Waals surface area contributed by atoms with Gasteiger partial charge in [-0.1, -0.05) is 22.0 Å². The molecule has 1 heterocycles. The number of benzene rings is 2. The fourth-order valence-corrected chi connectivity index (χ4v) is 3.69. The summed E-state index contributed by atoms with van der Waals surface area (Å²) in [5, 5.41) is 11.0. The molecule has 1 N–H and O–H groups in total. The largest absolute Gasteiger partial charge is 0.277 e. The summed E-state index contributed by atoms with van der Waals surface area (Å²) in [4.78, 5) is 0.0141. The van der Waals surface area contributed by atoms with Crippen molar-refractivity contribution in [1.82, 2.24) is 20.2 Å². The molecule has 0 amide bonds. The van der Waals surface area contributed by atoms with E-state index in [1.54, 1.807) is 19.1 Å². The zero-order valence-corrected chi connectivity index (χ0v) is 14.7. The van der Waals surface area contributed by atoms with E-state index >= 15 is 0 Å². The topological polar surface area (TPSA) is 89.8 Å². The van der Waals surface area contributed by atoms with Gasteiger partial charge in [0.2, 0.25) is 0 Å². The first-order chi connectivity index (χ1) is 11.4. The summed E-state index contributed by atoms with van der Waals surface area (Å²) in [5.74, 6) is -0.217. The van der Waals surface area contributed by atoms with E-state index in [1.807, 2.05) is 0 Å². The average Bonchev–Trinajstić information content (AvgIpc) is 2.95. The van der Waals surface area contributed by atoms with Gasteiger partial charge in [-0.25, -0.2) is 12.8 Å². The van der Waals surface area contributed by atoms with Crippen LogP contribution in [0.1, 0.15) is 5.82 Å². The van der Waals surface area contributed by atoms with Crippen molar-refractivity contribution >= 4 is 31.6 Å². The summed E-state index contributed by atoms with van der Waals surface area (Å²) in [6, 6.07) is 10.0. The summed E-state index contributed by atoms with van der Waals surface area (Å²) >= 11 is 3.21. The van der Waals surface area contributed by atoms with Crippen molar-refractivity contribution in [3.05, 3.63) is 58.6 Å². The van der Waals surface area contributed by atoms with Gasteiger partial charge in [0.25, 0.3) is 10.0 Å². The summed E-state index contributed by atoms with van der Waals surface area (Å²) in [7, 11) is -3.93. The number of hydrogen-bond acceptors (Lipinski definition) is 5. The molecule has 0 saturated heterocycles. The van der Waals surface area contributed by atoms with E-state index in [1.165, 1.54) is 28.9 Å². The van der Waals surface area contributed by atoms with E-state index in [0.717, 1.165) is 6.07 Å². The molecule has 24 heavy (non-hydrogen) atoms. The molecule has 0 spiro atoms. The van der Waals surface area contributed by atoms with Crippen LogP contribution in [0.15, 0.2) is 51.8 Å². The number of nitrogens with one attached hydrogen (secondary N) is 1. The van der Waals surface area contributed by atoms with Crippen molar-refractivity contribution in [3.8, 4) is 5.69 Å². The highest BCUT2D eigenvalue weighted by Gasteiger charge is 2.17. The molecule has 0 aliphatic carbocycles. The summed E-state index contributed by atoms with van der Waals surface area (Å²) in [6.07, 6.45) is 0. The van der Waals surface area contributed by atoms with Gasteiger partial charge in [-0.3, -0.25) is 4.72 Å². The van der Waals surface area contributed by atoms with E-state index in [2.05, 4.69) is 36.2 Å². The Hall–Kier alpha value is -2.33. The predicted octanol–water partition coefficient (Wildman–Crippen LogP) is 2.67. The van der Waals surface area contributed by atoms with Crippen LogP contribution in [-0.4, -0.2) is 28.6 Å². The van der Waals surface area contributed by atoms with E-state index in [4.69, 9.17) is 0 Å². The summed E-state index contributed by atoms with van der Waals surface area (Å²) in [6.45, 7) is 1.68. The smallest absolute Gasteiger partial charge is 0.262 e. The third kappa shape index (κ3) is 3.29. The maximum Gasteiger partial charge on any atom is 0.262 e. The molecule has 3 aromatic rings. The Labute approximate surface area is 145 Å². The molecule has 2 aromatic carbocycles. The number of anilines is 1. The second-order valence-electron chi connectivity index (χ2n) is 4.86. The molecule has 0 atom stereocenters. The minimum Gasteiger partial charge on any atom is -0.277 e. The molecule has 0 fully saturated rings. The molecular formula is C14H11BrFN5O2S. The number of tetrazole rings is 1. The van der Waals surface area contributed by atoms with Crippen LogP contribution in [0.3, 0.4) is 0 Å². The van der Waals surface area contributed by atoms with E-state index in [-0.39, 0.29) is 10.6 Å².